The summed E-state index contributed by atoms with van der Waals surface area (Å²) in [5, 5.41) is 3.56. The number of nitrogens with one attached hydrogen (secondary N) is 1. The maximum Gasteiger partial charge on any atom is 0.433 e. The van der Waals surface area contributed by atoms with Gasteiger partial charge in [-0.15, -0.1) is 11.3 Å². The van der Waals surface area contributed by atoms with Crippen LogP contribution in [0.2, 0.25) is 0 Å². The number of ether oxygens (including phenoxy) is 1. The molecule has 0 radical (unpaired) electrons. The molecule has 0 saturated heterocycles. The molecule has 3 aromatic rings. The number of benzene rings is 1. The zero-order valence-electron chi connectivity index (χ0n) is 17.1. The third kappa shape index (κ3) is 4.59. The lowest BCUT2D eigenvalue weighted by atomic mass is 9.83. The quantitative estimate of drug-likeness (QED) is 0.510. The summed E-state index contributed by atoms with van der Waals surface area (Å²) in [6.45, 7) is 0. The van der Waals surface area contributed by atoms with E-state index in [0.29, 0.717) is 11.4 Å². The fourth-order valence-corrected chi connectivity index (χ4v) is 4.98. The summed E-state index contributed by atoms with van der Waals surface area (Å²) in [6.07, 6.45) is -0.141. The normalized spacial score (nSPS) is 19.0. The highest BCUT2D eigenvalue weighted by molar-refractivity contribution is 7.18. The van der Waals surface area contributed by atoms with Gasteiger partial charge in [-0.3, -0.25) is 4.79 Å². The summed E-state index contributed by atoms with van der Waals surface area (Å²) in [5.74, 6) is -0.0287. The highest BCUT2D eigenvalue weighted by atomic mass is 32.1. The molecule has 1 fully saturated rings. The van der Waals surface area contributed by atoms with Crippen LogP contribution in [0.25, 0.3) is 10.2 Å². The molecule has 0 aliphatic heterocycles. The van der Waals surface area contributed by atoms with Gasteiger partial charge in [0, 0.05) is 17.9 Å². The number of thiazole rings is 1. The molecule has 10 heteroatoms. The zero-order chi connectivity index (χ0) is 22.9. The molecule has 2 aromatic heterocycles. The lowest BCUT2D eigenvalue weighted by Gasteiger charge is -2.23. The Kier molecular flexibility index (Phi) is 6.14. The monoisotopic (exact) mass is 463 g/mol. The van der Waals surface area contributed by atoms with E-state index in [1.165, 1.54) is 24.5 Å². The Balaban J connectivity index is 1.59. The Bertz CT molecular complexity index is 1150. The van der Waals surface area contributed by atoms with Gasteiger partial charge in [-0.2, -0.15) is 13.2 Å². The van der Waals surface area contributed by atoms with Crippen molar-refractivity contribution < 1.29 is 27.5 Å². The highest BCUT2D eigenvalue weighted by Gasteiger charge is 2.33. The van der Waals surface area contributed by atoms with Gasteiger partial charge in [-0.05, 0) is 43.9 Å². The molecule has 1 aliphatic carbocycles. The minimum atomic E-state index is -4.64. The maximum absolute atomic E-state index is 12.9. The van der Waals surface area contributed by atoms with Crippen LogP contribution in [0.3, 0.4) is 0 Å². The predicted octanol–water partition coefficient (Wildman–Crippen LogP) is 5.44. The molecule has 0 bridgehead atoms. The number of pyridine rings is 1. The molecule has 1 aliphatic rings. The second-order valence-corrected chi connectivity index (χ2v) is 8.74. The molecule has 168 valence electrons. The van der Waals surface area contributed by atoms with Crippen molar-refractivity contribution in [2.24, 2.45) is 5.92 Å². The largest absolute Gasteiger partial charge is 0.494 e. The minimum absolute atomic E-state index is 0.118. The van der Waals surface area contributed by atoms with Crippen LogP contribution in [0.15, 0.2) is 30.3 Å². The van der Waals surface area contributed by atoms with Gasteiger partial charge in [0.1, 0.15) is 23.4 Å². The molecule has 32 heavy (non-hydrogen) atoms. The predicted molar refractivity (Wildman–Crippen MR) is 114 cm³/mol. The van der Waals surface area contributed by atoms with Crippen LogP contribution in [0.1, 0.15) is 52.8 Å². The van der Waals surface area contributed by atoms with Gasteiger partial charge in [-0.1, -0.05) is 6.07 Å². The first-order valence-electron chi connectivity index (χ1n) is 10.1. The number of amides is 1. The molecule has 0 spiro atoms. The molecule has 0 unspecified atom stereocenters. The SMILES string of the molecule is COc1cc2nc(C3CCC(C=O)CC3)sc2cc1NC(=O)c1cccc(C(F)(F)F)n1. The van der Waals surface area contributed by atoms with E-state index < -0.39 is 17.8 Å². The summed E-state index contributed by atoms with van der Waals surface area (Å²) >= 11 is 1.50. The van der Waals surface area contributed by atoms with Gasteiger partial charge in [0.15, 0.2) is 0 Å². The van der Waals surface area contributed by atoms with Crippen molar-refractivity contribution >= 4 is 39.4 Å². The van der Waals surface area contributed by atoms with E-state index in [9.17, 15) is 22.8 Å². The Morgan fingerprint density at radius 2 is 1.94 bits per heavy atom. The first-order valence-corrected chi connectivity index (χ1v) is 10.9. The molecule has 1 saturated carbocycles. The molecule has 0 atom stereocenters. The fourth-order valence-electron chi connectivity index (χ4n) is 3.82. The lowest BCUT2D eigenvalue weighted by molar-refractivity contribution is -0.141. The molecule has 1 amide bonds. The number of aldehydes is 1. The standard InChI is InChI=1S/C22H20F3N3O3S/c1-31-17-9-16-18(32-21(28-16)13-7-5-12(11-29)6-8-13)10-15(17)27-20(30)14-3-2-4-19(26-14)22(23,24)25/h2-4,9-13H,5-8H2,1H3,(H,27,30). The summed E-state index contributed by atoms with van der Waals surface area (Å²) in [7, 11) is 1.44. The van der Waals surface area contributed by atoms with Crippen molar-refractivity contribution in [1.82, 2.24) is 9.97 Å². The van der Waals surface area contributed by atoms with E-state index >= 15 is 0 Å². The first kappa shape index (κ1) is 22.2. The summed E-state index contributed by atoms with van der Waals surface area (Å²) in [6, 6.07) is 6.57. The van der Waals surface area contributed by atoms with Crippen LogP contribution in [-0.4, -0.2) is 29.3 Å². The first-order chi connectivity index (χ1) is 15.3. The van der Waals surface area contributed by atoms with Crippen LogP contribution in [0.4, 0.5) is 18.9 Å². The maximum atomic E-state index is 12.9. The average molecular weight is 463 g/mol. The molecular weight excluding hydrogens is 443 g/mol. The Morgan fingerprint density at radius 3 is 2.59 bits per heavy atom. The number of anilines is 1. The summed E-state index contributed by atoms with van der Waals surface area (Å²) in [5.41, 5.74) is -0.443. The van der Waals surface area contributed by atoms with E-state index in [1.807, 2.05) is 0 Å². The van der Waals surface area contributed by atoms with Gasteiger partial charge >= 0.3 is 6.18 Å². The number of methoxy groups -OCH3 is 1. The van der Waals surface area contributed by atoms with Crippen LogP contribution in [0, 0.1) is 5.92 Å². The molecule has 1 N–H and O–H groups in total. The third-order valence-corrected chi connectivity index (χ3v) is 6.74. The van der Waals surface area contributed by atoms with Gasteiger partial charge in [-0.25, -0.2) is 9.97 Å². The van der Waals surface area contributed by atoms with Crippen molar-refractivity contribution in [3.8, 4) is 5.75 Å². The topological polar surface area (TPSA) is 81.2 Å². The average Bonchev–Trinajstić information content (AvgIpc) is 3.21. The Labute approximate surface area is 185 Å². The van der Waals surface area contributed by atoms with Crippen LogP contribution >= 0.6 is 11.3 Å². The smallest absolute Gasteiger partial charge is 0.433 e. The molecule has 6 nitrogen and oxygen atoms in total. The summed E-state index contributed by atoms with van der Waals surface area (Å²) in [4.78, 5) is 31.7. The van der Waals surface area contributed by atoms with E-state index in [0.717, 1.165) is 59.3 Å². The van der Waals surface area contributed by atoms with Crippen molar-refractivity contribution in [3.63, 3.8) is 0 Å². The number of rotatable bonds is 5. The molecular formula is C22H20F3N3O3S. The number of carbonyl (C=O) groups is 2. The number of fused-ring (bicyclic) bond motifs is 1. The van der Waals surface area contributed by atoms with E-state index in [2.05, 4.69) is 10.3 Å². The van der Waals surface area contributed by atoms with Gasteiger partial charge in [0.2, 0.25) is 0 Å². The summed E-state index contributed by atoms with van der Waals surface area (Å²) < 4.78 is 44.9. The third-order valence-electron chi connectivity index (χ3n) is 5.56. The number of nitrogens with zero attached hydrogens (tertiary/aromatic N) is 2. The number of carbonyl (C=O) groups excluding carboxylic acids is 2. The van der Waals surface area contributed by atoms with Gasteiger partial charge < -0.3 is 14.8 Å². The highest BCUT2D eigenvalue weighted by Crippen LogP contribution is 2.40. The van der Waals surface area contributed by atoms with E-state index in [4.69, 9.17) is 9.72 Å². The fraction of sp³-hybridized carbons (Fsp3) is 0.364. The van der Waals surface area contributed by atoms with Crippen molar-refractivity contribution in [2.75, 3.05) is 12.4 Å². The molecule has 2 heterocycles. The van der Waals surface area contributed by atoms with Crippen LogP contribution in [-0.2, 0) is 11.0 Å². The Morgan fingerprint density at radius 1 is 1.19 bits per heavy atom. The molecule has 4 rings (SSSR count). The number of hydrogen-bond acceptors (Lipinski definition) is 6. The second-order valence-electron chi connectivity index (χ2n) is 7.68. The van der Waals surface area contributed by atoms with Crippen molar-refractivity contribution in [1.29, 1.82) is 0 Å². The molecule has 1 aromatic carbocycles. The van der Waals surface area contributed by atoms with Gasteiger partial charge in [0.25, 0.3) is 5.91 Å². The zero-order valence-corrected chi connectivity index (χ0v) is 17.9. The van der Waals surface area contributed by atoms with Crippen molar-refractivity contribution in [2.45, 2.75) is 37.8 Å². The van der Waals surface area contributed by atoms with E-state index in [-0.39, 0.29) is 17.5 Å². The Hall–Kier alpha value is -3.01. The minimum Gasteiger partial charge on any atom is -0.494 e. The van der Waals surface area contributed by atoms with E-state index in [1.54, 1.807) is 12.1 Å². The number of alkyl halides is 3. The number of halogens is 3. The van der Waals surface area contributed by atoms with Crippen LogP contribution < -0.4 is 10.1 Å². The second kappa shape index (κ2) is 8.85. The van der Waals surface area contributed by atoms with Crippen molar-refractivity contribution in [3.05, 3.63) is 46.7 Å². The number of hydrogen-bond donors (Lipinski definition) is 1. The van der Waals surface area contributed by atoms with Crippen LogP contribution in [0.5, 0.6) is 5.75 Å². The lowest BCUT2D eigenvalue weighted by Crippen LogP contribution is -2.17. The number of aromatic nitrogens is 2. The van der Waals surface area contributed by atoms with Gasteiger partial charge in [0.05, 0.1) is 28.0 Å².